The molecule has 4 aromatic carbocycles. The number of hydrogen-bond donors (Lipinski definition) is 0. The zero-order valence-corrected chi connectivity index (χ0v) is 21.0. The minimum atomic E-state index is 0.826. The average Bonchev–Trinajstić information content (AvgIpc) is 3.26. The van der Waals surface area contributed by atoms with Crippen LogP contribution in [0.25, 0.3) is 56.7 Å². The van der Waals surface area contributed by atoms with E-state index in [4.69, 9.17) is 0 Å². The van der Waals surface area contributed by atoms with Crippen molar-refractivity contribution >= 4 is 23.1 Å². The van der Waals surface area contributed by atoms with E-state index in [1.807, 2.05) is 0 Å². The summed E-state index contributed by atoms with van der Waals surface area (Å²) in [5.74, 6) is 0. The van der Waals surface area contributed by atoms with Crippen molar-refractivity contribution in [3.8, 4) is 33.6 Å². The van der Waals surface area contributed by atoms with Crippen molar-refractivity contribution < 1.29 is 0 Å². The molecule has 0 unspecified atom stereocenters. The van der Waals surface area contributed by atoms with Crippen molar-refractivity contribution in [2.75, 3.05) is 0 Å². The number of aromatic nitrogens is 2. The summed E-state index contributed by atoms with van der Waals surface area (Å²) in [4.78, 5) is 0. The fraction of sp³-hybridized carbons (Fsp3) is 0.0556. The molecule has 2 heteroatoms. The minimum absolute atomic E-state index is 0.826. The third-order valence-corrected chi connectivity index (χ3v) is 7.98. The van der Waals surface area contributed by atoms with Crippen molar-refractivity contribution in [3.63, 3.8) is 0 Å². The van der Waals surface area contributed by atoms with Crippen LogP contribution < -0.4 is 0 Å². The third kappa shape index (κ3) is 3.01. The van der Waals surface area contributed by atoms with Gasteiger partial charge in [-0.3, -0.25) is 0 Å². The molecule has 0 saturated carbocycles. The van der Waals surface area contributed by atoms with E-state index in [-0.39, 0.29) is 0 Å². The Balaban J connectivity index is 1.56. The van der Waals surface area contributed by atoms with E-state index in [1.165, 1.54) is 67.2 Å². The predicted octanol–water partition coefficient (Wildman–Crippen LogP) is 9.09. The van der Waals surface area contributed by atoms with Gasteiger partial charge >= 0.3 is 0 Å². The molecule has 0 spiro atoms. The third-order valence-electron chi connectivity index (χ3n) is 7.98. The molecule has 2 heterocycles. The Labute approximate surface area is 222 Å². The van der Waals surface area contributed by atoms with Gasteiger partial charge in [0.2, 0.25) is 0 Å². The van der Waals surface area contributed by atoms with Gasteiger partial charge in [-0.1, -0.05) is 97.1 Å². The van der Waals surface area contributed by atoms with Gasteiger partial charge in [0.1, 0.15) is 0 Å². The van der Waals surface area contributed by atoms with Crippen molar-refractivity contribution in [2.45, 2.75) is 12.8 Å². The Morgan fingerprint density at radius 3 is 1.84 bits per heavy atom. The summed E-state index contributed by atoms with van der Waals surface area (Å²) in [5.41, 5.74) is 14.2. The van der Waals surface area contributed by atoms with Gasteiger partial charge in [0.15, 0.2) is 0 Å². The molecule has 8 rings (SSSR count). The first-order valence-electron chi connectivity index (χ1n) is 13.3. The van der Waals surface area contributed by atoms with E-state index in [0.717, 1.165) is 12.8 Å². The molecule has 0 saturated heterocycles. The van der Waals surface area contributed by atoms with Crippen LogP contribution in [-0.4, -0.2) is 9.13 Å². The molecular formula is C36H26N2. The van der Waals surface area contributed by atoms with E-state index in [9.17, 15) is 0 Å². The molecule has 0 aliphatic heterocycles. The van der Waals surface area contributed by atoms with Crippen LogP contribution in [0.5, 0.6) is 0 Å². The number of hydrogen-bond acceptors (Lipinski definition) is 0. The van der Waals surface area contributed by atoms with Crippen LogP contribution in [0.4, 0.5) is 0 Å². The van der Waals surface area contributed by atoms with Crippen molar-refractivity contribution in [3.05, 3.63) is 144 Å². The lowest BCUT2D eigenvalue weighted by molar-refractivity contribution is 0.907. The van der Waals surface area contributed by atoms with Gasteiger partial charge in [0.25, 0.3) is 0 Å². The zero-order valence-electron chi connectivity index (χ0n) is 21.0. The van der Waals surface area contributed by atoms with Gasteiger partial charge in [-0.2, -0.15) is 0 Å². The SMILES string of the molecule is C1=Cc2c3c(n(-c4ccccc4)c2C=CC1)Cc1c(c2ccccc2n1-c1ccccc1)-c1ccccc1-3. The average molecular weight is 487 g/mol. The van der Waals surface area contributed by atoms with Gasteiger partial charge in [-0.05, 0) is 54.0 Å². The van der Waals surface area contributed by atoms with Crippen LogP contribution in [0.2, 0.25) is 0 Å². The number of para-hydroxylation sites is 3. The number of benzene rings is 4. The molecule has 180 valence electrons. The van der Waals surface area contributed by atoms with Crippen LogP contribution in [0.3, 0.4) is 0 Å². The summed E-state index contributed by atoms with van der Waals surface area (Å²) in [6.45, 7) is 0. The molecule has 2 aliphatic rings. The highest BCUT2D eigenvalue weighted by molar-refractivity contribution is 6.05. The fourth-order valence-electron chi connectivity index (χ4n) is 6.49. The number of allylic oxidation sites excluding steroid dienone is 2. The lowest BCUT2D eigenvalue weighted by atomic mass is 9.93. The second kappa shape index (κ2) is 8.36. The van der Waals surface area contributed by atoms with E-state index in [1.54, 1.807) is 0 Å². The van der Waals surface area contributed by atoms with E-state index >= 15 is 0 Å². The smallest absolute Gasteiger partial charge is 0.0538 e. The van der Waals surface area contributed by atoms with E-state index in [0.29, 0.717) is 0 Å². The number of fused-ring (bicyclic) bond motifs is 9. The molecule has 2 aliphatic carbocycles. The topological polar surface area (TPSA) is 9.86 Å². The lowest BCUT2D eigenvalue weighted by Crippen LogP contribution is -2.07. The second-order valence-electron chi connectivity index (χ2n) is 10.1. The maximum absolute atomic E-state index is 2.50. The lowest BCUT2D eigenvalue weighted by Gasteiger charge is -2.15. The summed E-state index contributed by atoms with van der Waals surface area (Å²) in [6, 6.07) is 39.5. The first-order valence-corrected chi connectivity index (χ1v) is 13.3. The predicted molar refractivity (Wildman–Crippen MR) is 159 cm³/mol. The molecule has 0 N–H and O–H groups in total. The largest absolute Gasteiger partial charge is 0.313 e. The minimum Gasteiger partial charge on any atom is -0.313 e. The van der Waals surface area contributed by atoms with Gasteiger partial charge < -0.3 is 9.13 Å². The Bertz CT molecular complexity index is 1900. The molecule has 0 bridgehead atoms. The Hall–Kier alpha value is -4.82. The van der Waals surface area contributed by atoms with Crippen molar-refractivity contribution in [1.82, 2.24) is 9.13 Å². The number of nitrogens with zero attached hydrogens (tertiary/aromatic N) is 2. The van der Waals surface area contributed by atoms with E-state index < -0.39 is 0 Å². The highest BCUT2D eigenvalue weighted by Crippen LogP contribution is 2.49. The standard InChI is InChI=1S/C36H26N2/c1-4-14-25(15-5-1)37-31-22-9-3-8-20-29(31)35-27-18-10-11-19-28(27)36-30-21-12-13-23-32(30)38(34(36)24-33(35)37)26-16-6-2-7-17-26/h1-2,4-23H,3,24H2. The van der Waals surface area contributed by atoms with Gasteiger partial charge in [0, 0.05) is 51.3 Å². The van der Waals surface area contributed by atoms with Gasteiger partial charge in [0.05, 0.1) is 11.2 Å². The molecule has 2 aromatic heterocycles. The number of rotatable bonds is 2. The maximum Gasteiger partial charge on any atom is 0.0538 e. The fourth-order valence-corrected chi connectivity index (χ4v) is 6.49. The summed E-state index contributed by atoms with van der Waals surface area (Å²) in [7, 11) is 0. The van der Waals surface area contributed by atoms with Crippen LogP contribution in [-0.2, 0) is 6.42 Å². The quantitative estimate of drug-likeness (QED) is 0.231. The highest BCUT2D eigenvalue weighted by atomic mass is 15.0. The summed E-state index contributed by atoms with van der Waals surface area (Å²) in [6.07, 6.45) is 11.0. The van der Waals surface area contributed by atoms with Crippen LogP contribution in [0.1, 0.15) is 29.1 Å². The Kier molecular flexibility index (Phi) is 4.68. The van der Waals surface area contributed by atoms with Gasteiger partial charge in [-0.15, -0.1) is 0 Å². The normalized spacial score (nSPS) is 13.4. The summed E-state index contributed by atoms with van der Waals surface area (Å²) >= 11 is 0. The Morgan fingerprint density at radius 2 is 1.08 bits per heavy atom. The molecule has 38 heavy (non-hydrogen) atoms. The monoisotopic (exact) mass is 486 g/mol. The second-order valence-corrected chi connectivity index (χ2v) is 10.1. The summed E-state index contributed by atoms with van der Waals surface area (Å²) in [5, 5.41) is 1.30. The molecule has 0 fully saturated rings. The molecule has 0 radical (unpaired) electrons. The van der Waals surface area contributed by atoms with Crippen LogP contribution in [0.15, 0.2) is 121 Å². The van der Waals surface area contributed by atoms with Crippen LogP contribution >= 0.6 is 0 Å². The summed E-state index contributed by atoms with van der Waals surface area (Å²) < 4.78 is 4.98. The zero-order chi connectivity index (χ0) is 25.1. The molecule has 0 atom stereocenters. The Morgan fingerprint density at radius 1 is 0.500 bits per heavy atom. The molecular weight excluding hydrogens is 460 g/mol. The maximum atomic E-state index is 2.50. The van der Waals surface area contributed by atoms with Crippen molar-refractivity contribution in [2.24, 2.45) is 0 Å². The first-order chi connectivity index (χ1) is 18.9. The van der Waals surface area contributed by atoms with Gasteiger partial charge in [-0.25, -0.2) is 0 Å². The highest BCUT2D eigenvalue weighted by Gasteiger charge is 2.31. The van der Waals surface area contributed by atoms with Crippen molar-refractivity contribution in [1.29, 1.82) is 0 Å². The molecule has 2 nitrogen and oxygen atoms in total. The van der Waals surface area contributed by atoms with E-state index in [2.05, 4.69) is 143 Å². The molecule has 6 aromatic rings. The van der Waals surface area contributed by atoms with Crippen LogP contribution in [0, 0.1) is 0 Å². The molecule has 0 amide bonds. The first kappa shape index (κ1) is 21.3.